The van der Waals surface area contributed by atoms with E-state index in [4.69, 9.17) is 4.74 Å². The largest absolute Gasteiger partial charge is 0.386 e. The molecule has 0 aromatic heterocycles. The number of ether oxygens (including phenoxy) is 1. The standard InChI is InChI=1S/C9H19NO2/c1-4-10-6-9(11)5-7(2)12-8(9)3/h7-8,10-11H,4-6H2,1-3H3. The Kier molecular flexibility index (Phi) is 3.09. The third-order valence-electron chi connectivity index (χ3n) is 2.52. The fourth-order valence-electron chi connectivity index (χ4n) is 1.74. The Labute approximate surface area is 74.1 Å². The van der Waals surface area contributed by atoms with Crippen LogP contribution in [0.4, 0.5) is 0 Å². The van der Waals surface area contributed by atoms with Gasteiger partial charge < -0.3 is 15.2 Å². The number of hydrogen-bond acceptors (Lipinski definition) is 3. The lowest BCUT2D eigenvalue weighted by molar-refractivity contribution is -0.0337. The molecular weight excluding hydrogens is 154 g/mol. The molecule has 1 saturated heterocycles. The summed E-state index contributed by atoms with van der Waals surface area (Å²) in [6, 6.07) is 0. The van der Waals surface area contributed by atoms with Crippen molar-refractivity contribution in [2.45, 2.75) is 45.0 Å². The van der Waals surface area contributed by atoms with Crippen molar-refractivity contribution in [3.63, 3.8) is 0 Å². The summed E-state index contributed by atoms with van der Waals surface area (Å²) in [5.41, 5.74) is -0.657. The Hall–Kier alpha value is -0.120. The van der Waals surface area contributed by atoms with Crippen LogP contribution >= 0.6 is 0 Å². The van der Waals surface area contributed by atoms with E-state index in [1.807, 2.05) is 20.8 Å². The zero-order chi connectivity index (χ0) is 9.19. The predicted octanol–water partition coefficient (Wildman–Crippen LogP) is 0.524. The first-order chi connectivity index (χ1) is 5.58. The molecule has 0 aromatic carbocycles. The van der Waals surface area contributed by atoms with Gasteiger partial charge in [0.1, 0.15) is 5.60 Å². The minimum Gasteiger partial charge on any atom is -0.386 e. The van der Waals surface area contributed by atoms with E-state index in [1.54, 1.807) is 0 Å². The van der Waals surface area contributed by atoms with Gasteiger partial charge in [0.05, 0.1) is 12.2 Å². The van der Waals surface area contributed by atoms with Gasteiger partial charge in [-0.2, -0.15) is 0 Å². The minimum absolute atomic E-state index is 0.0495. The van der Waals surface area contributed by atoms with Crippen molar-refractivity contribution in [2.75, 3.05) is 13.1 Å². The van der Waals surface area contributed by atoms with Crippen LogP contribution in [0.3, 0.4) is 0 Å². The quantitative estimate of drug-likeness (QED) is 0.654. The van der Waals surface area contributed by atoms with Gasteiger partial charge in [0.25, 0.3) is 0 Å². The van der Waals surface area contributed by atoms with Gasteiger partial charge in [-0.05, 0) is 20.4 Å². The predicted molar refractivity (Wildman–Crippen MR) is 48.1 cm³/mol. The van der Waals surface area contributed by atoms with Gasteiger partial charge in [-0.3, -0.25) is 0 Å². The summed E-state index contributed by atoms with van der Waals surface area (Å²) in [6.45, 7) is 7.49. The molecule has 0 amide bonds. The van der Waals surface area contributed by atoms with Crippen molar-refractivity contribution in [1.82, 2.24) is 5.32 Å². The molecule has 1 aliphatic heterocycles. The van der Waals surface area contributed by atoms with Crippen LogP contribution < -0.4 is 5.32 Å². The molecule has 2 N–H and O–H groups in total. The number of hydrogen-bond donors (Lipinski definition) is 2. The molecule has 0 saturated carbocycles. The first-order valence-electron chi connectivity index (χ1n) is 4.67. The van der Waals surface area contributed by atoms with E-state index in [0.29, 0.717) is 6.54 Å². The van der Waals surface area contributed by atoms with E-state index < -0.39 is 5.60 Å². The number of nitrogens with one attached hydrogen (secondary N) is 1. The molecule has 1 fully saturated rings. The fraction of sp³-hybridized carbons (Fsp3) is 1.00. The van der Waals surface area contributed by atoms with Gasteiger partial charge in [0.15, 0.2) is 0 Å². The molecular formula is C9H19NO2. The molecule has 0 bridgehead atoms. The summed E-state index contributed by atoms with van der Waals surface area (Å²) in [5, 5.41) is 13.2. The van der Waals surface area contributed by atoms with Gasteiger partial charge in [-0.25, -0.2) is 0 Å². The number of rotatable bonds is 3. The molecule has 12 heavy (non-hydrogen) atoms. The topological polar surface area (TPSA) is 41.5 Å². The smallest absolute Gasteiger partial charge is 0.105 e. The van der Waals surface area contributed by atoms with Crippen LogP contribution in [0, 0.1) is 0 Å². The number of likely N-dealkylation sites (N-methyl/N-ethyl adjacent to an activating group) is 1. The summed E-state index contributed by atoms with van der Waals surface area (Å²) < 4.78 is 5.48. The molecule has 1 rings (SSSR count). The summed E-state index contributed by atoms with van der Waals surface area (Å²) in [7, 11) is 0. The van der Waals surface area contributed by atoms with Gasteiger partial charge >= 0.3 is 0 Å². The SMILES string of the molecule is CCNCC1(O)CC(C)OC1C. The second kappa shape index (κ2) is 3.73. The third-order valence-corrected chi connectivity index (χ3v) is 2.52. The highest BCUT2D eigenvalue weighted by atomic mass is 16.5. The van der Waals surface area contributed by atoms with Crippen LogP contribution in [0.2, 0.25) is 0 Å². The first kappa shape index (κ1) is 9.96. The van der Waals surface area contributed by atoms with Crippen molar-refractivity contribution in [1.29, 1.82) is 0 Å². The van der Waals surface area contributed by atoms with E-state index in [1.165, 1.54) is 0 Å². The van der Waals surface area contributed by atoms with Gasteiger partial charge in [-0.1, -0.05) is 6.92 Å². The lowest BCUT2D eigenvalue weighted by Gasteiger charge is -2.25. The van der Waals surface area contributed by atoms with Crippen LogP contribution in [-0.4, -0.2) is 36.0 Å². The monoisotopic (exact) mass is 173 g/mol. The Morgan fingerprint density at radius 2 is 2.25 bits per heavy atom. The Morgan fingerprint density at radius 1 is 1.58 bits per heavy atom. The zero-order valence-electron chi connectivity index (χ0n) is 8.13. The molecule has 3 nitrogen and oxygen atoms in total. The number of aliphatic hydroxyl groups is 1. The van der Waals surface area contributed by atoms with Crippen LogP contribution in [0.5, 0.6) is 0 Å². The summed E-state index contributed by atoms with van der Waals surface area (Å²) in [5.74, 6) is 0. The van der Waals surface area contributed by atoms with Gasteiger partial charge in [0.2, 0.25) is 0 Å². The highest BCUT2D eigenvalue weighted by Crippen LogP contribution is 2.29. The van der Waals surface area contributed by atoms with Crippen molar-refractivity contribution in [3.05, 3.63) is 0 Å². The fourth-order valence-corrected chi connectivity index (χ4v) is 1.74. The molecule has 72 valence electrons. The van der Waals surface area contributed by atoms with E-state index in [-0.39, 0.29) is 12.2 Å². The average molecular weight is 173 g/mol. The maximum Gasteiger partial charge on any atom is 0.105 e. The third kappa shape index (κ3) is 1.97. The van der Waals surface area contributed by atoms with E-state index in [2.05, 4.69) is 5.32 Å². The Morgan fingerprint density at radius 3 is 2.67 bits per heavy atom. The highest BCUT2D eigenvalue weighted by molar-refractivity contribution is 4.94. The van der Waals surface area contributed by atoms with E-state index in [9.17, 15) is 5.11 Å². The van der Waals surface area contributed by atoms with Crippen LogP contribution in [0.1, 0.15) is 27.2 Å². The van der Waals surface area contributed by atoms with Crippen LogP contribution in [-0.2, 0) is 4.74 Å². The van der Waals surface area contributed by atoms with Crippen LogP contribution in [0.25, 0.3) is 0 Å². The molecule has 0 spiro atoms. The van der Waals surface area contributed by atoms with E-state index >= 15 is 0 Å². The summed E-state index contributed by atoms with van der Waals surface area (Å²) >= 11 is 0. The highest BCUT2D eigenvalue weighted by Gasteiger charge is 2.42. The Balaban J connectivity index is 2.46. The molecule has 3 heteroatoms. The van der Waals surface area contributed by atoms with Crippen molar-refractivity contribution >= 4 is 0 Å². The summed E-state index contributed by atoms with van der Waals surface area (Å²) in [4.78, 5) is 0. The lowest BCUT2D eigenvalue weighted by atomic mass is 9.95. The van der Waals surface area contributed by atoms with E-state index in [0.717, 1.165) is 13.0 Å². The maximum atomic E-state index is 10.1. The Bertz CT molecular complexity index is 151. The van der Waals surface area contributed by atoms with Crippen molar-refractivity contribution in [3.8, 4) is 0 Å². The first-order valence-corrected chi connectivity index (χ1v) is 4.67. The molecule has 1 heterocycles. The average Bonchev–Trinajstić information content (AvgIpc) is 2.23. The normalized spacial score (nSPS) is 42.0. The second-order valence-electron chi connectivity index (χ2n) is 3.68. The maximum absolute atomic E-state index is 10.1. The molecule has 0 aliphatic carbocycles. The molecule has 0 aromatic rings. The molecule has 3 atom stereocenters. The molecule has 0 radical (unpaired) electrons. The molecule has 1 aliphatic rings. The lowest BCUT2D eigenvalue weighted by Crippen LogP contribution is -2.45. The van der Waals surface area contributed by atoms with Gasteiger partial charge in [-0.15, -0.1) is 0 Å². The summed E-state index contributed by atoms with van der Waals surface area (Å²) in [6.07, 6.45) is 0.872. The van der Waals surface area contributed by atoms with Crippen LogP contribution in [0.15, 0.2) is 0 Å². The minimum atomic E-state index is -0.657. The van der Waals surface area contributed by atoms with Gasteiger partial charge in [0, 0.05) is 13.0 Å². The van der Waals surface area contributed by atoms with Crippen molar-refractivity contribution in [2.24, 2.45) is 0 Å². The molecule has 3 unspecified atom stereocenters. The second-order valence-corrected chi connectivity index (χ2v) is 3.68. The van der Waals surface area contributed by atoms with Crippen molar-refractivity contribution < 1.29 is 9.84 Å². The zero-order valence-corrected chi connectivity index (χ0v) is 8.13.